The molecular weight excluding hydrogens is 350 g/mol. The predicted octanol–water partition coefficient (Wildman–Crippen LogP) is 2.83. The van der Waals surface area contributed by atoms with Crippen LogP contribution in [0.25, 0.3) is 0 Å². The van der Waals surface area contributed by atoms with Crippen LogP contribution in [-0.2, 0) is 4.79 Å². The highest BCUT2D eigenvalue weighted by molar-refractivity contribution is 9.10. The molecular formula is C15H16BrN3O3. The van der Waals surface area contributed by atoms with Gasteiger partial charge in [0.2, 0.25) is 5.91 Å². The number of hydrogen-bond acceptors (Lipinski definition) is 4. The lowest BCUT2D eigenvalue weighted by Gasteiger charge is -2.20. The van der Waals surface area contributed by atoms with Gasteiger partial charge in [-0.05, 0) is 46.1 Å². The van der Waals surface area contributed by atoms with Gasteiger partial charge in [0.1, 0.15) is 11.9 Å². The molecule has 0 saturated heterocycles. The molecule has 0 aromatic carbocycles. The van der Waals surface area contributed by atoms with E-state index in [9.17, 15) is 9.59 Å². The van der Waals surface area contributed by atoms with Gasteiger partial charge in [-0.3, -0.25) is 9.59 Å². The summed E-state index contributed by atoms with van der Waals surface area (Å²) in [6.45, 7) is 3.70. The van der Waals surface area contributed by atoms with Gasteiger partial charge >= 0.3 is 0 Å². The lowest BCUT2D eigenvalue weighted by atomic mass is 10.0. The molecule has 22 heavy (non-hydrogen) atoms. The molecule has 1 unspecified atom stereocenters. The smallest absolute Gasteiger partial charge is 0.287 e. The Kier molecular flexibility index (Phi) is 5.32. The maximum atomic E-state index is 12.3. The van der Waals surface area contributed by atoms with Crippen molar-refractivity contribution in [2.75, 3.05) is 5.32 Å². The molecule has 2 amide bonds. The van der Waals surface area contributed by atoms with Crippen LogP contribution < -0.4 is 10.6 Å². The van der Waals surface area contributed by atoms with Crippen molar-refractivity contribution in [3.63, 3.8) is 0 Å². The van der Waals surface area contributed by atoms with Crippen LogP contribution in [0.4, 0.5) is 5.82 Å². The van der Waals surface area contributed by atoms with E-state index in [1.54, 1.807) is 30.5 Å². The number of carbonyl (C=O) groups is 2. The molecule has 2 aromatic rings. The second kappa shape index (κ2) is 7.22. The van der Waals surface area contributed by atoms with Gasteiger partial charge < -0.3 is 15.1 Å². The van der Waals surface area contributed by atoms with Crippen molar-refractivity contribution in [3.05, 3.63) is 47.0 Å². The zero-order valence-electron chi connectivity index (χ0n) is 12.2. The summed E-state index contributed by atoms with van der Waals surface area (Å²) in [7, 11) is 0. The highest BCUT2D eigenvalue weighted by Crippen LogP contribution is 2.12. The van der Waals surface area contributed by atoms with Gasteiger partial charge in [-0.2, -0.15) is 0 Å². The van der Waals surface area contributed by atoms with Crippen LogP contribution in [0.15, 0.2) is 45.6 Å². The van der Waals surface area contributed by atoms with Crippen molar-refractivity contribution >= 4 is 33.6 Å². The molecule has 0 fully saturated rings. The summed E-state index contributed by atoms with van der Waals surface area (Å²) in [5.41, 5.74) is 0. The van der Waals surface area contributed by atoms with E-state index in [1.165, 1.54) is 6.26 Å². The van der Waals surface area contributed by atoms with Gasteiger partial charge in [0.25, 0.3) is 5.91 Å². The van der Waals surface area contributed by atoms with Crippen LogP contribution in [0, 0.1) is 5.92 Å². The zero-order chi connectivity index (χ0) is 16.1. The van der Waals surface area contributed by atoms with Crippen molar-refractivity contribution in [1.29, 1.82) is 0 Å². The zero-order valence-corrected chi connectivity index (χ0v) is 13.8. The number of furan rings is 1. The Hall–Kier alpha value is -2.15. The van der Waals surface area contributed by atoms with Crippen LogP contribution in [0.2, 0.25) is 0 Å². The highest BCUT2D eigenvalue weighted by Gasteiger charge is 2.25. The third kappa shape index (κ3) is 4.17. The van der Waals surface area contributed by atoms with Gasteiger partial charge in [0.15, 0.2) is 5.76 Å². The van der Waals surface area contributed by atoms with E-state index >= 15 is 0 Å². The molecule has 2 N–H and O–H groups in total. The standard InChI is InChI=1S/C15H16BrN3O3/c1-9(2)13(19-14(20)11-4-3-7-22-11)15(21)18-12-6-5-10(16)8-17-12/h3-9,13H,1-2H3,(H,19,20)(H,17,18,21). The minimum absolute atomic E-state index is 0.0886. The maximum absolute atomic E-state index is 12.3. The molecule has 0 radical (unpaired) electrons. The molecule has 0 bridgehead atoms. The Morgan fingerprint density at radius 3 is 2.59 bits per heavy atom. The lowest BCUT2D eigenvalue weighted by molar-refractivity contribution is -0.118. The van der Waals surface area contributed by atoms with Crippen molar-refractivity contribution < 1.29 is 14.0 Å². The number of pyridine rings is 1. The number of amides is 2. The van der Waals surface area contributed by atoms with Gasteiger partial charge in [-0.1, -0.05) is 13.8 Å². The third-order valence-electron chi connectivity index (χ3n) is 2.96. The molecule has 1 atom stereocenters. The molecule has 2 rings (SSSR count). The Morgan fingerprint density at radius 1 is 1.27 bits per heavy atom. The monoisotopic (exact) mass is 365 g/mol. The highest BCUT2D eigenvalue weighted by atomic mass is 79.9. The molecule has 6 nitrogen and oxygen atoms in total. The summed E-state index contributed by atoms with van der Waals surface area (Å²) in [6, 6.07) is 5.91. The van der Waals surface area contributed by atoms with Gasteiger partial charge in [-0.25, -0.2) is 4.98 Å². The third-order valence-corrected chi connectivity index (χ3v) is 3.43. The maximum Gasteiger partial charge on any atom is 0.287 e. The first-order valence-corrected chi connectivity index (χ1v) is 7.53. The van der Waals surface area contributed by atoms with Crippen molar-refractivity contribution in [2.45, 2.75) is 19.9 Å². The molecule has 0 aliphatic carbocycles. The molecule has 7 heteroatoms. The Morgan fingerprint density at radius 2 is 2.05 bits per heavy atom. The number of nitrogens with one attached hydrogen (secondary N) is 2. The summed E-state index contributed by atoms with van der Waals surface area (Å²) in [5, 5.41) is 5.35. The van der Waals surface area contributed by atoms with Crippen molar-refractivity contribution in [2.24, 2.45) is 5.92 Å². The van der Waals surface area contributed by atoms with E-state index in [2.05, 4.69) is 31.5 Å². The van der Waals surface area contributed by atoms with E-state index in [4.69, 9.17) is 4.42 Å². The summed E-state index contributed by atoms with van der Waals surface area (Å²) in [4.78, 5) is 28.4. The first kappa shape index (κ1) is 16.2. The molecule has 0 aliphatic rings. The van der Waals surface area contributed by atoms with Crippen LogP contribution >= 0.6 is 15.9 Å². The molecule has 116 valence electrons. The second-order valence-electron chi connectivity index (χ2n) is 5.02. The molecule has 2 aromatic heterocycles. The largest absolute Gasteiger partial charge is 0.459 e. The minimum Gasteiger partial charge on any atom is -0.459 e. The second-order valence-corrected chi connectivity index (χ2v) is 5.94. The van der Waals surface area contributed by atoms with E-state index in [1.807, 2.05) is 13.8 Å². The average Bonchev–Trinajstić information content (AvgIpc) is 3.00. The topological polar surface area (TPSA) is 84.2 Å². The number of carbonyl (C=O) groups excluding carboxylic acids is 2. The first-order chi connectivity index (χ1) is 10.5. The van der Waals surface area contributed by atoms with Crippen molar-refractivity contribution in [3.8, 4) is 0 Å². The van der Waals surface area contributed by atoms with Gasteiger partial charge in [0.05, 0.1) is 6.26 Å². The number of nitrogens with zero attached hydrogens (tertiary/aromatic N) is 1. The van der Waals surface area contributed by atoms with Gasteiger partial charge in [0, 0.05) is 10.7 Å². The molecule has 0 spiro atoms. The average molecular weight is 366 g/mol. The van der Waals surface area contributed by atoms with E-state index in [-0.39, 0.29) is 17.6 Å². The summed E-state index contributed by atoms with van der Waals surface area (Å²) < 4.78 is 5.84. The quantitative estimate of drug-likeness (QED) is 0.852. The fourth-order valence-electron chi connectivity index (χ4n) is 1.81. The van der Waals surface area contributed by atoms with E-state index in [0.717, 1.165) is 4.47 Å². The predicted molar refractivity (Wildman–Crippen MR) is 85.4 cm³/mol. The fourth-order valence-corrected chi connectivity index (χ4v) is 2.04. The van der Waals surface area contributed by atoms with Crippen LogP contribution in [0.1, 0.15) is 24.4 Å². The fraction of sp³-hybridized carbons (Fsp3) is 0.267. The number of halogens is 1. The van der Waals surface area contributed by atoms with Crippen LogP contribution in [0.3, 0.4) is 0 Å². The normalized spacial score (nSPS) is 12.0. The van der Waals surface area contributed by atoms with Crippen LogP contribution in [-0.4, -0.2) is 22.8 Å². The summed E-state index contributed by atoms with van der Waals surface area (Å²) in [6.07, 6.45) is 2.99. The summed E-state index contributed by atoms with van der Waals surface area (Å²) >= 11 is 3.28. The number of anilines is 1. The van der Waals surface area contributed by atoms with Crippen molar-refractivity contribution in [1.82, 2.24) is 10.3 Å². The Balaban J connectivity index is 2.05. The molecule has 2 heterocycles. The first-order valence-electron chi connectivity index (χ1n) is 6.74. The lowest BCUT2D eigenvalue weighted by Crippen LogP contribution is -2.47. The Labute approximate surface area is 136 Å². The van der Waals surface area contributed by atoms with E-state index < -0.39 is 11.9 Å². The SMILES string of the molecule is CC(C)C(NC(=O)c1ccco1)C(=O)Nc1ccc(Br)cn1. The number of rotatable bonds is 5. The number of aromatic nitrogens is 1. The Bertz CT molecular complexity index is 639. The minimum atomic E-state index is -0.692. The van der Waals surface area contributed by atoms with Crippen LogP contribution in [0.5, 0.6) is 0 Å². The summed E-state index contributed by atoms with van der Waals surface area (Å²) in [5.74, 6) is -0.256. The number of hydrogen-bond donors (Lipinski definition) is 2. The molecule has 0 saturated carbocycles. The van der Waals surface area contributed by atoms with Gasteiger partial charge in [-0.15, -0.1) is 0 Å². The van der Waals surface area contributed by atoms with E-state index in [0.29, 0.717) is 5.82 Å². The molecule has 0 aliphatic heterocycles.